The van der Waals surface area contributed by atoms with Crippen LogP contribution in [0.4, 0.5) is 13.2 Å². The molecule has 0 aliphatic carbocycles. The van der Waals surface area contributed by atoms with Crippen molar-refractivity contribution in [3.63, 3.8) is 0 Å². The number of rotatable bonds is 2. The Labute approximate surface area is 181 Å². The number of halogens is 5. The SMILES string of the molecule is O=S(=O)(O)C(F)(F)F.Sc1cccc(-c2ccc(Cl)cc2)c1-c1ccc(Cl)cc1. The second kappa shape index (κ2) is 9.40. The second-order valence-corrected chi connectivity index (χ2v) is 8.40. The van der Waals surface area contributed by atoms with Crippen LogP contribution in [0.2, 0.25) is 10.0 Å². The molecule has 0 fully saturated rings. The molecule has 154 valence electrons. The summed E-state index contributed by atoms with van der Waals surface area (Å²) in [7, 11) is -5.84. The smallest absolute Gasteiger partial charge is 0.279 e. The Balaban J connectivity index is 0.000000321. The van der Waals surface area contributed by atoms with Crippen LogP contribution in [0.5, 0.6) is 0 Å². The van der Waals surface area contributed by atoms with E-state index in [-0.39, 0.29) is 0 Å². The van der Waals surface area contributed by atoms with Gasteiger partial charge in [-0.1, -0.05) is 59.6 Å². The molecular weight excluding hydrogens is 468 g/mol. The highest BCUT2D eigenvalue weighted by Gasteiger charge is 2.44. The molecule has 3 aromatic carbocycles. The van der Waals surface area contributed by atoms with Crippen molar-refractivity contribution in [1.82, 2.24) is 0 Å². The Bertz CT molecular complexity index is 1080. The zero-order chi connectivity index (χ0) is 21.8. The molecule has 0 aromatic heterocycles. The van der Waals surface area contributed by atoms with Crippen molar-refractivity contribution in [2.24, 2.45) is 0 Å². The van der Waals surface area contributed by atoms with Gasteiger partial charge in [-0.25, -0.2) is 0 Å². The van der Waals surface area contributed by atoms with Crippen molar-refractivity contribution < 1.29 is 26.1 Å². The topological polar surface area (TPSA) is 54.4 Å². The van der Waals surface area contributed by atoms with E-state index in [1.165, 1.54) is 0 Å². The van der Waals surface area contributed by atoms with E-state index in [0.717, 1.165) is 37.2 Å². The first kappa shape index (κ1) is 23.6. The zero-order valence-corrected chi connectivity index (χ0v) is 17.6. The van der Waals surface area contributed by atoms with Crippen LogP contribution < -0.4 is 0 Å². The molecule has 1 N–H and O–H groups in total. The molecule has 10 heteroatoms. The average molecular weight is 481 g/mol. The van der Waals surface area contributed by atoms with Crippen LogP contribution in [0.1, 0.15) is 0 Å². The quantitative estimate of drug-likeness (QED) is 0.235. The lowest BCUT2D eigenvalue weighted by molar-refractivity contribution is -0.0510. The van der Waals surface area contributed by atoms with Gasteiger partial charge in [-0.05, 0) is 47.0 Å². The number of benzene rings is 3. The van der Waals surface area contributed by atoms with E-state index in [1.807, 2.05) is 60.7 Å². The molecule has 0 atom stereocenters. The Hall–Kier alpha value is -1.71. The molecule has 3 nitrogen and oxygen atoms in total. The molecule has 3 aromatic rings. The summed E-state index contributed by atoms with van der Waals surface area (Å²) in [6.07, 6.45) is 0. The largest absolute Gasteiger partial charge is 0.522 e. The van der Waals surface area contributed by atoms with Crippen LogP contribution in [0, 0.1) is 0 Å². The lowest BCUT2D eigenvalue weighted by Crippen LogP contribution is -2.21. The molecule has 0 amide bonds. The zero-order valence-electron chi connectivity index (χ0n) is 14.4. The predicted molar refractivity (Wildman–Crippen MR) is 112 cm³/mol. The summed E-state index contributed by atoms with van der Waals surface area (Å²) >= 11 is 16.6. The Kier molecular flexibility index (Phi) is 7.64. The number of hydrogen-bond acceptors (Lipinski definition) is 3. The van der Waals surface area contributed by atoms with E-state index < -0.39 is 15.6 Å². The third kappa shape index (κ3) is 6.38. The Morgan fingerprint density at radius 2 is 1.21 bits per heavy atom. The first-order valence-electron chi connectivity index (χ1n) is 7.78. The molecule has 0 bridgehead atoms. The van der Waals surface area contributed by atoms with Gasteiger partial charge < -0.3 is 0 Å². The number of hydrogen-bond donors (Lipinski definition) is 2. The third-order valence-electron chi connectivity index (χ3n) is 3.62. The fourth-order valence-electron chi connectivity index (χ4n) is 2.33. The fraction of sp³-hybridized carbons (Fsp3) is 0.0526. The van der Waals surface area contributed by atoms with Crippen molar-refractivity contribution in [3.05, 3.63) is 76.8 Å². The molecule has 0 heterocycles. The maximum absolute atomic E-state index is 10.7. The minimum absolute atomic E-state index is 0.725. The van der Waals surface area contributed by atoms with Gasteiger partial charge in [0.2, 0.25) is 0 Å². The number of alkyl halides is 3. The van der Waals surface area contributed by atoms with E-state index in [2.05, 4.69) is 18.7 Å². The summed E-state index contributed by atoms with van der Waals surface area (Å²) in [4.78, 5) is 0.935. The van der Waals surface area contributed by atoms with E-state index in [9.17, 15) is 13.2 Å². The minimum atomic E-state index is -5.84. The maximum atomic E-state index is 10.7. The monoisotopic (exact) mass is 480 g/mol. The van der Waals surface area contributed by atoms with Crippen LogP contribution in [0.15, 0.2) is 71.6 Å². The van der Waals surface area contributed by atoms with E-state index in [0.29, 0.717) is 0 Å². The second-order valence-electron chi connectivity index (χ2n) is 5.63. The highest BCUT2D eigenvalue weighted by molar-refractivity contribution is 7.86. The summed E-state index contributed by atoms with van der Waals surface area (Å²) in [5, 5.41) is 1.46. The van der Waals surface area contributed by atoms with Crippen LogP contribution in [-0.4, -0.2) is 18.5 Å². The van der Waals surface area contributed by atoms with Crippen molar-refractivity contribution in [1.29, 1.82) is 0 Å². The van der Waals surface area contributed by atoms with Crippen molar-refractivity contribution in [2.45, 2.75) is 10.4 Å². The summed E-state index contributed by atoms with van der Waals surface area (Å²) in [5.74, 6) is 0. The molecule has 0 spiro atoms. The molecule has 0 aliphatic rings. The van der Waals surface area contributed by atoms with E-state index in [1.54, 1.807) is 0 Å². The molecule has 0 saturated heterocycles. The van der Waals surface area contributed by atoms with Crippen molar-refractivity contribution >= 4 is 45.9 Å². The van der Waals surface area contributed by atoms with Crippen LogP contribution in [-0.2, 0) is 10.1 Å². The minimum Gasteiger partial charge on any atom is -0.279 e. The average Bonchev–Trinajstić information content (AvgIpc) is 2.62. The van der Waals surface area contributed by atoms with Gasteiger partial charge in [0.1, 0.15) is 0 Å². The van der Waals surface area contributed by atoms with Gasteiger partial charge in [-0.3, -0.25) is 4.55 Å². The predicted octanol–water partition coefficient (Wildman–Crippen LogP) is 7.01. The molecule has 0 aliphatic heterocycles. The molecule has 0 saturated carbocycles. The summed E-state index contributed by atoms with van der Waals surface area (Å²) < 4.78 is 57.5. The van der Waals surface area contributed by atoms with Gasteiger partial charge in [0.25, 0.3) is 0 Å². The van der Waals surface area contributed by atoms with Gasteiger partial charge in [0.15, 0.2) is 0 Å². The molecular formula is C19H13Cl2F3O3S2. The highest BCUT2D eigenvalue weighted by atomic mass is 35.5. The maximum Gasteiger partial charge on any atom is 0.522 e. The van der Waals surface area contributed by atoms with Gasteiger partial charge in [0, 0.05) is 20.5 Å². The first-order chi connectivity index (χ1) is 13.4. The van der Waals surface area contributed by atoms with Crippen LogP contribution in [0.3, 0.4) is 0 Å². The van der Waals surface area contributed by atoms with Crippen molar-refractivity contribution in [2.75, 3.05) is 0 Å². The number of thiol groups is 1. The molecule has 29 heavy (non-hydrogen) atoms. The van der Waals surface area contributed by atoms with E-state index >= 15 is 0 Å². The first-order valence-corrected chi connectivity index (χ1v) is 10.4. The Morgan fingerprint density at radius 3 is 1.62 bits per heavy atom. The van der Waals surface area contributed by atoms with Crippen LogP contribution in [0.25, 0.3) is 22.3 Å². The molecule has 0 radical (unpaired) electrons. The molecule has 3 rings (SSSR count). The van der Waals surface area contributed by atoms with Gasteiger partial charge in [-0.15, -0.1) is 12.6 Å². The normalized spacial score (nSPS) is 11.6. The highest BCUT2D eigenvalue weighted by Crippen LogP contribution is 2.37. The van der Waals surface area contributed by atoms with Gasteiger partial charge >= 0.3 is 15.6 Å². The molecule has 0 unspecified atom stereocenters. The van der Waals surface area contributed by atoms with Crippen LogP contribution >= 0.6 is 35.8 Å². The lowest BCUT2D eigenvalue weighted by Gasteiger charge is -2.13. The fourth-order valence-corrected chi connectivity index (χ4v) is 2.92. The third-order valence-corrected chi connectivity index (χ3v) is 5.08. The summed E-state index contributed by atoms with van der Waals surface area (Å²) in [5.41, 5.74) is -1.11. The summed E-state index contributed by atoms with van der Waals surface area (Å²) in [6, 6.07) is 21.7. The van der Waals surface area contributed by atoms with Gasteiger partial charge in [-0.2, -0.15) is 21.6 Å². The lowest BCUT2D eigenvalue weighted by atomic mass is 9.94. The standard InChI is InChI=1S/C18H12Cl2S.CHF3O3S/c19-14-8-4-12(5-9-14)16-2-1-3-17(21)18(16)13-6-10-15(20)11-7-13;2-1(3,4)8(5,6)7/h1-11,21H;(H,5,6,7). The summed E-state index contributed by atoms with van der Waals surface area (Å²) in [6.45, 7) is 0. The van der Waals surface area contributed by atoms with E-state index in [4.69, 9.17) is 36.2 Å². The van der Waals surface area contributed by atoms with Crippen molar-refractivity contribution in [3.8, 4) is 22.3 Å². The Morgan fingerprint density at radius 1 is 0.793 bits per heavy atom. The van der Waals surface area contributed by atoms with Gasteiger partial charge in [0.05, 0.1) is 0 Å².